The first kappa shape index (κ1) is 26.6. The van der Waals surface area contributed by atoms with Crippen LogP contribution in [-0.4, -0.2) is 124 Å². The molecule has 0 saturated carbocycles. The van der Waals surface area contributed by atoms with Crippen molar-refractivity contribution in [3.8, 4) is 11.5 Å². The van der Waals surface area contributed by atoms with Gasteiger partial charge in [-0.1, -0.05) is 0 Å². The molecule has 0 aromatic carbocycles. The monoisotopic (exact) mass is 504 g/mol. The lowest BCUT2D eigenvalue weighted by Gasteiger charge is -2.41. The quantitative estimate of drug-likeness (QED) is 0.209. The van der Waals surface area contributed by atoms with Gasteiger partial charge in [0.25, 0.3) is 0 Å². The highest BCUT2D eigenvalue weighted by Crippen LogP contribution is 2.29. The first-order chi connectivity index (χ1) is 16.3. The van der Waals surface area contributed by atoms with E-state index in [1.165, 1.54) is 31.1 Å². The Hall–Kier alpha value is -2.04. The number of aliphatic imine (C=N–C) groups is 1. The number of methoxy groups -OCH3 is 1. The number of carboxylic acids is 1. The summed E-state index contributed by atoms with van der Waals surface area (Å²) >= 11 is 1.21. The second kappa shape index (κ2) is 12.6. The number of ether oxygens (including phenoxy) is 5. The van der Waals surface area contributed by atoms with Crippen molar-refractivity contribution in [1.29, 1.82) is 0 Å². The third-order valence-corrected chi connectivity index (χ3v) is 6.14. The Morgan fingerprint density at radius 2 is 2.00 bits per heavy atom. The van der Waals surface area contributed by atoms with E-state index in [0.29, 0.717) is 10.8 Å². The van der Waals surface area contributed by atoms with Gasteiger partial charge in [0.2, 0.25) is 0 Å². The predicted octanol–water partition coefficient (Wildman–Crippen LogP) is -1.40. The number of rotatable bonds is 12. The van der Waals surface area contributed by atoms with Gasteiger partial charge in [-0.25, -0.2) is 9.78 Å². The lowest BCUT2D eigenvalue weighted by atomic mass is 9.99. The van der Waals surface area contributed by atoms with Gasteiger partial charge in [0, 0.05) is 18.9 Å². The summed E-state index contributed by atoms with van der Waals surface area (Å²) in [5, 5.41) is 49.0. The van der Waals surface area contributed by atoms with Crippen LogP contribution in [0.25, 0.3) is 0 Å². The van der Waals surface area contributed by atoms with Gasteiger partial charge in [-0.05, 0) is 0 Å². The minimum absolute atomic E-state index is 0.0700. The van der Waals surface area contributed by atoms with Crippen LogP contribution in [0, 0.1) is 0 Å². The Bertz CT molecular complexity index is 858. The van der Waals surface area contributed by atoms with Crippen molar-refractivity contribution in [2.24, 2.45) is 4.99 Å². The Morgan fingerprint density at radius 3 is 2.65 bits per heavy atom. The number of aliphatic hydroxyl groups excluding tert-OH is 3. The van der Waals surface area contributed by atoms with Gasteiger partial charge in [0.05, 0.1) is 32.6 Å². The number of nitrogens with zero attached hydrogens (tertiary/aromatic N) is 2. The molecule has 3 rings (SSSR count). The van der Waals surface area contributed by atoms with E-state index in [9.17, 15) is 25.2 Å². The highest BCUT2D eigenvalue weighted by atomic mass is 32.2. The summed E-state index contributed by atoms with van der Waals surface area (Å²) in [5.74, 6) is -0.608. The summed E-state index contributed by atoms with van der Waals surface area (Å²) in [5.41, 5.74) is 0.202. The first-order valence-corrected chi connectivity index (χ1v) is 11.4. The highest BCUT2D eigenvalue weighted by molar-refractivity contribution is 8.14. The Labute approximate surface area is 199 Å². The smallest absolute Gasteiger partial charge is 0.329 e. The van der Waals surface area contributed by atoms with E-state index in [0.717, 1.165) is 0 Å². The lowest BCUT2D eigenvalue weighted by molar-refractivity contribution is -0.306. The number of thioether (sulfide) groups is 1. The molecule has 5 N–H and O–H groups in total. The molecular formula is C20H28N2O11S. The normalized spacial score (nSPS) is 29.1. The molecule has 0 bridgehead atoms. The molecule has 190 valence electrons. The summed E-state index contributed by atoms with van der Waals surface area (Å²) in [6.45, 7) is 0.124. The van der Waals surface area contributed by atoms with Crippen LogP contribution in [-0.2, 0) is 23.7 Å². The van der Waals surface area contributed by atoms with Gasteiger partial charge in [-0.2, -0.15) is 0 Å². The molecule has 14 heteroatoms. The molecule has 0 spiro atoms. The fourth-order valence-corrected chi connectivity index (χ4v) is 4.35. The van der Waals surface area contributed by atoms with Crippen molar-refractivity contribution >= 4 is 22.8 Å². The van der Waals surface area contributed by atoms with Crippen LogP contribution in [0.5, 0.6) is 11.5 Å². The lowest BCUT2D eigenvalue weighted by Crippen LogP contribution is -2.59. The SMILES string of the molecule is COC1C(O)C(CO)OC(OCCOCCOc2cnc(C3=NC(C(=O)O)CS3)c(O)c2)C1O. The zero-order valence-corrected chi connectivity index (χ0v) is 19.2. The van der Waals surface area contributed by atoms with Crippen LogP contribution in [0.2, 0.25) is 0 Å². The molecule has 0 amide bonds. The first-order valence-electron chi connectivity index (χ1n) is 10.5. The maximum atomic E-state index is 11.0. The molecule has 0 radical (unpaired) electrons. The number of aromatic nitrogens is 1. The second-order valence-corrected chi connectivity index (χ2v) is 8.39. The van der Waals surface area contributed by atoms with E-state index in [1.807, 2.05) is 0 Å². The molecule has 1 fully saturated rings. The van der Waals surface area contributed by atoms with Crippen molar-refractivity contribution in [1.82, 2.24) is 4.98 Å². The molecule has 1 aromatic rings. The van der Waals surface area contributed by atoms with Gasteiger partial charge in [-0.15, -0.1) is 11.8 Å². The summed E-state index contributed by atoms with van der Waals surface area (Å²) in [6.07, 6.45) is -4.02. The zero-order chi connectivity index (χ0) is 24.7. The molecule has 6 atom stereocenters. The fraction of sp³-hybridized carbons (Fsp3) is 0.650. The molecule has 34 heavy (non-hydrogen) atoms. The van der Waals surface area contributed by atoms with Gasteiger partial charge in [0.1, 0.15) is 53.3 Å². The average Bonchev–Trinajstić information content (AvgIpc) is 3.30. The summed E-state index contributed by atoms with van der Waals surface area (Å²) < 4.78 is 26.7. The van der Waals surface area contributed by atoms with Crippen molar-refractivity contribution in [2.75, 3.05) is 45.9 Å². The molecule has 0 aliphatic carbocycles. The molecule has 6 unspecified atom stereocenters. The summed E-state index contributed by atoms with van der Waals surface area (Å²) in [4.78, 5) is 19.2. The van der Waals surface area contributed by atoms with E-state index >= 15 is 0 Å². The van der Waals surface area contributed by atoms with Crippen LogP contribution < -0.4 is 4.74 Å². The molecule has 2 aliphatic heterocycles. The van der Waals surface area contributed by atoms with Crippen LogP contribution in [0.3, 0.4) is 0 Å². The maximum Gasteiger partial charge on any atom is 0.329 e. The van der Waals surface area contributed by atoms with Crippen molar-refractivity contribution in [3.05, 3.63) is 18.0 Å². The molecule has 2 aliphatic rings. The predicted molar refractivity (Wildman–Crippen MR) is 117 cm³/mol. The van der Waals surface area contributed by atoms with E-state index in [-0.39, 0.29) is 43.6 Å². The molecule has 13 nitrogen and oxygen atoms in total. The van der Waals surface area contributed by atoms with Gasteiger partial charge in [-0.3, -0.25) is 4.99 Å². The molecule has 3 heterocycles. The number of hydrogen-bond donors (Lipinski definition) is 5. The third kappa shape index (κ3) is 6.55. The minimum atomic E-state index is -1.24. The minimum Gasteiger partial charge on any atom is -0.505 e. The van der Waals surface area contributed by atoms with Crippen molar-refractivity contribution in [3.63, 3.8) is 0 Å². The molecular weight excluding hydrogens is 476 g/mol. The number of aromatic hydroxyl groups is 1. The summed E-state index contributed by atoms with van der Waals surface area (Å²) in [7, 11) is 1.33. The Morgan fingerprint density at radius 1 is 1.24 bits per heavy atom. The fourth-order valence-electron chi connectivity index (χ4n) is 3.32. The highest BCUT2D eigenvalue weighted by Gasteiger charge is 2.45. The van der Waals surface area contributed by atoms with Crippen molar-refractivity contribution < 1.29 is 54.0 Å². The van der Waals surface area contributed by atoms with E-state index in [1.54, 1.807) is 0 Å². The zero-order valence-electron chi connectivity index (χ0n) is 18.3. The number of carbonyl (C=O) groups is 1. The largest absolute Gasteiger partial charge is 0.505 e. The second-order valence-electron chi connectivity index (χ2n) is 7.38. The number of carboxylic acid groups (broad SMARTS) is 1. The number of aliphatic hydroxyl groups is 3. The van der Waals surface area contributed by atoms with Crippen LogP contribution in [0.1, 0.15) is 5.69 Å². The third-order valence-electron chi connectivity index (χ3n) is 5.08. The number of pyridine rings is 1. The Balaban J connectivity index is 1.36. The van der Waals surface area contributed by atoms with Crippen LogP contribution in [0.4, 0.5) is 0 Å². The maximum absolute atomic E-state index is 11.0. The van der Waals surface area contributed by atoms with E-state index in [4.69, 9.17) is 28.8 Å². The van der Waals surface area contributed by atoms with E-state index < -0.39 is 49.3 Å². The summed E-state index contributed by atoms with van der Waals surface area (Å²) in [6, 6.07) is 0.512. The average molecular weight is 505 g/mol. The topological polar surface area (TPSA) is 190 Å². The Kier molecular flexibility index (Phi) is 9.85. The molecule has 1 aromatic heterocycles. The number of aliphatic carboxylic acids is 1. The standard InChI is InChI=1S/C20H28N2O11S/c1-29-17-15(25)13(8-23)33-20(16(17)26)32-5-3-30-2-4-31-10-6-12(24)14(21-7-10)18-22-11(9-34-18)19(27)28/h6-7,11,13,15-17,20,23-26H,2-5,8-9H2,1H3,(H,27,28). The molecule has 1 saturated heterocycles. The van der Waals surface area contributed by atoms with Gasteiger partial charge < -0.3 is 49.2 Å². The van der Waals surface area contributed by atoms with Crippen LogP contribution in [0.15, 0.2) is 17.3 Å². The van der Waals surface area contributed by atoms with Gasteiger partial charge in [0.15, 0.2) is 12.3 Å². The van der Waals surface area contributed by atoms with Crippen LogP contribution >= 0.6 is 11.8 Å². The van der Waals surface area contributed by atoms with Crippen molar-refractivity contribution in [2.45, 2.75) is 36.7 Å². The van der Waals surface area contributed by atoms with E-state index in [2.05, 4.69) is 9.98 Å². The van der Waals surface area contributed by atoms with Gasteiger partial charge >= 0.3 is 5.97 Å². The number of hydrogen-bond acceptors (Lipinski definition) is 13.